The Morgan fingerprint density at radius 2 is 0.941 bits per heavy atom. The number of fused-ring (bicyclic) bond motifs is 6. The maximum atomic E-state index is 4.88. The fourth-order valence-electron chi connectivity index (χ4n) is 5.18. The van der Waals surface area contributed by atoms with Crippen molar-refractivity contribution in [2.75, 3.05) is 0 Å². The van der Waals surface area contributed by atoms with Crippen LogP contribution in [0.25, 0.3) is 55.2 Å². The van der Waals surface area contributed by atoms with Gasteiger partial charge in [0.1, 0.15) is 0 Å². The first-order chi connectivity index (χ1) is 16.7. The Morgan fingerprint density at radius 1 is 0.471 bits per heavy atom. The van der Waals surface area contributed by atoms with E-state index in [1.165, 1.54) is 10.8 Å². The van der Waals surface area contributed by atoms with Gasteiger partial charge in [-0.3, -0.25) is 9.97 Å². The third-order valence-corrected chi connectivity index (χ3v) is 6.65. The van der Waals surface area contributed by atoms with E-state index in [0.717, 1.165) is 55.9 Å². The van der Waals surface area contributed by atoms with E-state index in [2.05, 4.69) is 106 Å². The van der Waals surface area contributed by atoms with Crippen molar-refractivity contribution >= 4 is 43.9 Å². The molecule has 0 radical (unpaired) electrons. The molecule has 0 fully saturated rings. The molecule has 4 aromatic heterocycles. The Hall–Kier alpha value is -4.44. The third-order valence-electron chi connectivity index (χ3n) is 6.65. The summed E-state index contributed by atoms with van der Waals surface area (Å²) in [7, 11) is 0. The van der Waals surface area contributed by atoms with Crippen molar-refractivity contribution in [3.8, 4) is 11.4 Å². The van der Waals surface area contributed by atoms with Gasteiger partial charge in [0.25, 0.3) is 0 Å². The summed E-state index contributed by atoms with van der Waals surface area (Å²) in [5, 5.41) is 2.34. The molecule has 4 heteroatoms. The molecule has 0 unspecified atom stereocenters. The number of aromatic nitrogens is 4. The van der Waals surface area contributed by atoms with Gasteiger partial charge < -0.3 is 9.13 Å². The quantitative estimate of drug-likeness (QED) is 0.284. The molecule has 0 aliphatic rings. The molecule has 162 valence electrons. The van der Waals surface area contributed by atoms with Gasteiger partial charge in [0.2, 0.25) is 0 Å². The van der Waals surface area contributed by atoms with Crippen LogP contribution >= 0.6 is 0 Å². The lowest BCUT2D eigenvalue weighted by molar-refractivity contribution is 1.13. The molecule has 4 nitrogen and oxygen atoms in total. The fourth-order valence-corrected chi connectivity index (χ4v) is 5.18. The van der Waals surface area contributed by atoms with E-state index in [1.807, 2.05) is 13.8 Å². The van der Waals surface area contributed by atoms with Crippen LogP contribution in [-0.4, -0.2) is 19.1 Å². The van der Waals surface area contributed by atoms with Gasteiger partial charge in [-0.15, -0.1) is 0 Å². The van der Waals surface area contributed by atoms with E-state index in [4.69, 9.17) is 9.97 Å². The van der Waals surface area contributed by atoms with Crippen molar-refractivity contribution in [1.82, 2.24) is 19.1 Å². The summed E-state index contributed by atoms with van der Waals surface area (Å²) in [5.74, 6) is 0. The van der Waals surface area contributed by atoms with Crippen LogP contribution in [0.15, 0.2) is 97.1 Å². The van der Waals surface area contributed by atoms with Gasteiger partial charge >= 0.3 is 0 Å². The Morgan fingerprint density at radius 3 is 1.44 bits per heavy atom. The zero-order valence-electron chi connectivity index (χ0n) is 19.0. The average molecular weight is 439 g/mol. The van der Waals surface area contributed by atoms with Gasteiger partial charge in [-0.2, -0.15) is 0 Å². The fraction of sp³-hybridized carbons (Fsp3) is 0.0667. The highest BCUT2D eigenvalue weighted by molar-refractivity contribution is 6.08. The topological polar surface area (TPSA) is 35.6 Å². The van der Waals surface area contributed by atoms with E-state index >= 15 is 0 Å². The van der Waals surface area contributed by atoms with Crippen LogP contribution in [0.4, 0.5) is 0 Å². The number of nitrogens with zero attached hydrogens (tertiary/aromatic N) is 4. The van der Waals surface area contributed by atoms with Crippen LogP contribution in [0.3, 0.4) is 0 Å². The lowest BCUT2D eigenvalue weighted by Crippen LogP contribution is -1.98. The first-order valence-corrected chi connectivity index (χ1v) is 11.5. The number of benzene rings is 3. The zero-order chi connectivity index (χ0) is 22.8. The molecule has 0 N–H and O–H groups in total. The minimum absolute atomic E-state index is 1.03. The summed E-state index contributed by atoms with van der Waals surface area (Å²) in [5.41, 5.74) is 10.9. The van der Waals surface area contributed by atoms with Crippen LogP contribution in [0.1, 0.15) is 11.4 Å². The highest BCUT2D eigenvalue weighted by Gasteiger charge is 2.16. The summed E-state index contributed by atoms with van der Waals surface area (Å²) >= 11 is 0. The minimum Gasteiger partial charge on any atom is -0.308 e. The van der Waals surface area contributed by atoms with Gasteiger partial charge in [-0.1, -0.05) is 42.5 Å². The molecule has 0 atom stereocenters. The van der Waals surface area contributed by atoms with E-state index < -0.39 is 0 Å². The predicted octanol–water partition coefficient (Wildman–Crippen LogP) is 7.29. The van der Waals surface area contributed by atoms with E-state index in [1.54, 1.807) is 0 Å². The average Bonchev–Trinajstić information content (AvgIpc) is 3.36. The minimum atomic E-state index is 1.03. The van der Waals surface area contributed by atoms with Crippen LogP contribution in [0.2, 0.25) is 0 Å². The van der Waals surface area contributed by atoms with Gasteiger partial charge in [-0.25, -0.2) is 0 Å². The van der Waals surface area contributed by atoms with Crippen LogP contribution in [0, 0.1) is 13.8 Å². The molecule has 34 heavy (non-hydrogen) atoms. The number of hydrogen-bond donors (Lipinski definition) is 0. The summed E-state index contributed by atoms with van der Waals surface area (Å²) in [6.45, 7) is 4.09. The molecule has 0 amide bonds. The normalized spacial score (nSPS) is 11.8. The SMILES string of the molecule is Cc1ccc2c(n1)c1ccccc1n2-c1cccc(-n2c3ccccc3c3nc(C)ccc32)c1. The molecule has 0 aliphatic heterocycles. The molecule has 0 saturated carbocycles. The lowest BCUT2D eigenvalue weighted by atomic mass is 10.2. The van der Waals surface area contributed by atoms with Crippen LogP contribution in [-0.2, 0) is 0 Å². The molecule has 4 heterocycles. The van der Waals surface area contributed by atoms with E-state index in [0.29, 0.717) is 0 Å². The number of pyridine rings is 2. The Balaban J connectivity index is 1.54. The first-order valence-electron chi connectivity index (χ1n) is 11.5. The Labute approximate surface area is 196 Å². The van der Waals surface area contributed by atoms with E-state index in [-0.39, 0.29) is 0 Å². The second-order valence-corrected chi connectivity index (χ2v) is 8.87. The summed E-state index contributed by atoms with van der Waals surface area (Å²) in [4.78, 5) is 9.76. The summed E-state index contributed by atoms with van der Waals surface area (Å²) in [6, 6.07) is 34.3. The van der Waals surface area contributed by atoms with Gasteiger partial charge in [0.05, 0.1) is 33.1 Å². The van der Waals surface area contributed by atoms with Crippen molar-refractivity contribution in [3.63, 3.8) is 0 Å². The third kappa shape index (κ3) is 2.66. The van der Waals surface area contributed by atoms with Crippen molar-refractivity contribution in [3.05, 3.63) is 108 Å². The molecule has 0 bridgehead atoms. The van der Waals surface area contributed by atoms with Crippen molar-refractivity contribution in [1.29, 1.82) is 0 Å². The predicted molar refractivity (Wildman–Crippen MR) is 140 cm³/mol. The van der Waals surface area contributed by atoms with Gasteiger partial charge in [0.15, 0.2) is 0 Å². The monoisotopic (exact) mass is 438 g/mol. The van der Waals surface area contributed by atoms with Gasteiger partial charge in [0, 0.05) is 33.5 Å². The van der Waals surface area contributed by atoms with E-state index in [9.17, 15) is 0 Å². The number of aryl methyl sites for hydroxylation is 2. The van der Waals surface area contributed by atoms with Crippen molar-refractivity contribution in [2.45, 2.75) is 13.8 Å². The van der Waals surface area contributed by atoms with Crippen molar-refractivity contribution in [2.24, 2.45) is 0 Å². The number of para-hydroxylation sites is 2. The highest BCUT2D eigenvalue weighted by atomic mass is 15.0. The first kappa shape index (κ1) is 19.1. The molecule has 7 rings (SSSR count). The molecule has 0 aliphatic carbocycles. The Bertz CT molecular complexity index is 1750. The standard InChI is InChI=1S/C30H22N4/c1-19-14-16-27-29(31-19)23-10-3-5-12-25(23)33(27)21-8-7-9-22(18-21)34-26-13-6-4-11-24(26)30-28(34)17-15-20(2)32-30/h3-18H,1-2H3. The smallest absolute Gasteiger partial charge is 0.0966 e. The van der Waals surface area contributed by atoms with Crippen LogP contribution < -0.4 is 0 Å². The zero-order valence-corrected chi connectivity index (χ0v) is 19.0. The maximum Gasteiger partial charge on any atom is 0.0966 e. The Kier molecular flexibility index (Phi) is 3.94. The summed E-state index contributed by atoms with van der Waals surface area (Å²) < 4.78 is 4.63. The number of hydrogen-bond acceptors (Lipinski definition) is 2. The lowest BCUT2D eigenvalue weighted by Gasteiger charge is -2.12. The molecule has 0 spiro atoms. The molecule has 0 saturated heterocycles. The molecule has 3 aromatic carbocycles. The molecular weight excluding hydrogens is 416 g/mol. The largest absolute Gasteiger partial charge is 0.308 e. The number of rotatable bonds is 2. The second kappa shape index (κ2) is 7.03. The van der Waals surface area contributed by atoms with Crippen LogP contribution in [0.5, 0.6) is 0 Å². The van der Waals surface area contributed by atoms with Crippen molar-refractivity contribution < 1.29 is 0 Å². The second-order valence-electron chi connectivity index (χ2n) is 8.87. The highest BCUT2D eigenvalue weighted by Crippen LogP contribution is 2.34. The molecule has 7 aromatic rings. The van der Waals surface area contributed by atoms with Gasteiger partial charge in [-0.05, 0) is 68.4 Å². The summed E-state index contributed by atoms with van der Waals surface area (Å²) in [6.07, 6.45) is 0. The molecular formula is C30H22N4. The maximum absolute atomic E-state index is 4.88.